The second kappa shape index (κ2) is 5.76. The second-order valence-electron chi connectivity index (χ2n) is 5.30. The Bertz CT molecular complexity index is 1020. The van der Waals surface area contributed by atoms with Gasteiger partial charge in [0.2, 0.25) is 0 Å². The van der Waals surface area contributed by atoms with Gasteiger partial charge in [0.25, 0.3) is 5.91 Å². The van der Waals surface area contributed by atoms with E-state index in [0.717, 1.165) is 10.2 Å². The number of thiazole rings is 1. The van der Waals surface area contributed by atoms with E-state index in [1.54, 1.807) is 10.6 Å². The number of amides is 1. The Balaban J connectivity index is 1.83. The van der Waals surface area contributed by atoms with Crippen molar-refractivity contribution in [2.45, 2.75) is 0 Å². The Morgan fingerprint density at radius 3 is 2.67 bits per heavy atom. The highest BCUT2D eigenvalue weighted by atomic mass is 32.1. The predicted octanol–water partition coefficient (Wildman–Crippen LogP) is 2.89. The van der Waals surface area contributed by atoms with Crippen LogP contribution >= 0.6 is 11.3 Å². The number of ether oxygens (including phenoxy) is 2. The summed E-state index contributed by atoms with van der Waals surface area (Å²) in [7, 11) is 1.81. The molecule has 4 rings (SSSR count). The zero-order valence-electron chi connectivity index (χ0n) is 12.8. The normalized spacial score (nSPS) is 14.2. The lowest BCUT2D eigenvalue weighted by Crippen LogP contribution is -2.16. The van der Waals surface area contributed by atoms with Crippen LogP contribution in [0.15, 0.2) is 41.4 Å². The van der Waals surface area contributed by atoms with Crippen molar-refractivity contribution in [2.24, 2.45) is 12.0 Å². The number of hydrogen-bond acceptors (Lipinski definition) is 4. The minimum absolute atomic E-state index is 0.0408. The maximum atomic E-state index is 13.7. The van der Waals surface area contributed by atoms with Gasteiger partial charge in [0, 0.05) is 19.2 Å². The zero-order chi connectivity index (χ0) is 16.7. The first kappa shape index (κ1) is 14.9. The molecule has 0 bridgehead atoms. The molecule has 122 valence electrons. The lowest BCUT2D eigenvalue weighted by atomic mass is 10.2. The largest absolute Gasteiger partial charge is 0.486 e. The number of rotatable bonds is 1. The Kier molecular flexibility index (Phi) is 3.57. The third-order valence-corrected chi connectivity index (χ3v) is 4.87. The summed E-state index contributed by atoms with van der Waals surface area (Å²) in [5.41, 5.74) is 0.838. The molecule has 0 saturated carbocycles. The van der Waals surface area contributed by atoms with Gasteiger partial charge in [-0.3, -0.25) is 4.79 Å². The van der Waals surface area contributed by atoms with Crippen LogP contribution in [0.5, 0.6) is 11.5 Å². The summed E-state index contributed by atoms with van der Waals surface area (Å²) in [6.45, 7) is 1.02. The minimum Gasteiger partial charge on any atom is -0.486 e. The highest BCUT2D eigenvalue weighted by molar-refractivity contribution is 7.16. The molecule has 2 aromatic carbocycles. The quantitative estimate of drug-likeness (QED) is 0.682. The number of nitrogens with zero attached hydrogens (tertiary/aromatic N) is 2. The van der Waals surface area contributed by atoms with Gasteiger partial charge in [-0.15, -0.1) is 0 Å². The molecule has 7 heteroatoms. The molecule has 0 radical (unpaired) electrons. The molecule has 5 nitrogen and oxygen atoms in total. The van der Waals surface area contributed by atoms with Gasteiger partial charge < -0.3 is 14.0 Å². The standard InChI is InChI=1S/C17H13FN2O3S/c1-20-12-8-13-14(23-7-6-22-13)9-15(12)24-17(20)19-16(21)10-4-2-3-5-11(10)18/h2-5,8-9H,6-7H2,1H3. The van der Waals surface area contributed by atoms with Crippen LogP contribution in [0.25, 0.3) is 10.2 Å². The van der Waals surface area contributed by atoms with Gasteiger partial charge in [-0.2, -0.15) is 4.99 Å². The number of aromatic nitrogens is 1. The first-order chi connectivity index (χ1) is 11.6. The van der Waals surface area contributed by atoms with Crippen LogP contribution in [0.2, 0.25) is 0 Å². The fraction of sp³-hybridized carbons (Fsp3) is 0.176. The van der Waals surface area contributed by atoms with Crippen LogP contribution < -0.4 is 14.3 Å². The summed E-state index contributed by atoms with van der Waals surface area (Å²) in [5.74, 6) is 0.177. The number of carbonyl (C=O) groups excluding carboxylic acids is 1. The van der Waals surface area contributed by atoms with E-state index < -0.39 is 11.7 Å². The maximum absolute atomic E-state index is 13.7. The monoisotopic (exact) mass is 344 g/mol. The van der Waals surface area contributed by atoms with E-state index in [9.17, 15) is 9.18 Å². The van der Waals surface area contributed by atoms with E-state index in [1.165, 1.54) is 29.5 Å². The topological polar surface area (TPSA) is 52.8 Å². The average Bonchev–Trinajstić information content (AvgIpc) is 2.88. The van der Waals surface area contributed by atoms with Gasteiger partial charge in [0.15, 0.2) is 16.3 Å². The van der Waals surface area contributed by atoms with Crippen LogP contribution in [-0.2, 0) is 7.05 Å². The molecule has 0 fully saturated rings. The molecule has 1 aliphatic rings. The van der Waals surface area contributed by atoms with Crippen molar-refractivity contribution >= 4 is 27.5 Å². The van der Waals surface area contributed by atoms with E-state index in [4.69, 9.17) is 9.47 Å². The van der Waals surface area contributed by atoms with E-state index in [2.05, 4.69) is 4.99 Å². The predicted molar refractivity (Wildman–Crippen MR) is 88.1 cm³/mol. The number of aryl methyl sites for hydroxylation is 1. The summed E-state index contributed by atoms with van der Waals surface area (Å²) in [6.07, 6.45) is 0. The lowest BCUT2D eigenvalue weighted by molar-refractivity contribution is 0.0994. The lowest BCUT2D eigenvalue weighted by Gasteiger charge is -2.18. The molecule has 1 amide bonds. The van der Waals surface area contributed by atoms with Crippen molar-refractivity contribution in [1.82, 2.24) is 4.57 Å². The molecule has 0 saturated heterocycles. The summed E-state index contributed by atoms with van der Waals surface area (Å²) >= 11 is 1.34. The third kappa shape index (κ3) is 2.46. The van der Waals surface area contributed by atoms with E-state index in [-0.39, 0.29) is 5.56 Å². The van der Waals surface area contributed by atoms with Crippen LogP contribution in [0.3, 0.4) is 0 Å². The van der Waals surface area contributed by atoms with Crippen LogP contribution in [-0.4, -0.2) is 23.7 Å². The zero-order valence-corrected chi connectivity index (χ0v) is 13.6. The van der Waals surface area contributed by atoms with Gasteiger partial charge >= 0.3 is 0 Å². The van der Waals surface area contributed by atoms with Gasteiger partial charge in [0.1, 0.15) is 19.0 Å². The number of benzene rings is 2. The molecular formula is C17H13FN2O3S. The molecule has 0 unspecified atom stereocenters. The first-order valence-corrected chi connectivity index (χ1v) is 8.18. The van der Waals surface area contributed by atoms with Crippen LogP contribution in [0, 0.1) is 5.82 Å². The van der Waals surface area contributed by atoms with Crippen LogP contribution in [0.4, 0.5) is 4.39 Å². The molecule has 2 heterocycles. The van der Waals surface area contributed by atoms with Crippen molar-refractivity contribution in [3.63, 3.8) is 0 Å². The van der Waals surface area contributed by atoms with Gasteiger partial charge in [-0.25, -0.2) is 4.39 Å². The first-order valence-electron chi connectivity index (χ1n) is 7.36. The number of hydrogen-bond donors (Lipinski definition) is 0. The molecule has 0 aliphatic carbocycles. The smallest absolute Gasteiger partial charge is 0.282 e. The van der Waals surface area contributed by atoms with Crippen molar-refractivity contribution in [1.29, 1.82) is 0 Å². The Labute approximate surface area is 140 Å². The number of halogens is 1. The van der Waals surface area contributed by atoms with E-state index in [0.29, 0.717) is 29.5 Å². The average molecular weight is 344 g/mol. The van der Waals surface area contributed by atoms with Gasteiger partial charge in [0.05, 0.1) is 15.8 Å². The Morgan fingerprint density at radius 2 is 1.92 bits per heavy atom. The molecule has 1 aromatic heterocycles. The van der Waals surface area contributed by atoms with Crippen molar-refractivity contribution < 1.29 is 18.7 Å². The minimum atomic E-state index is -0.604. The van der Waals surface area contributed by atoms with E-state index in [1.807, 2.05) is 19.2 Å². The molecule has 3 aromatic rings. The Morgan fingerprint density at radius 1 is 1.21 bits per heavy atom. The second-order valence-corrected chi connectivity index (χ2v) is 6.31. The summed E-state index contributed by atoms with van der Waals surface area (Å²) in [5, 5.41) is 0. The van der Waals surface area contributed by atoms with Crippen molar-refractivity contribution in [2.75, 3.05) is 13.2 Å². The summed E-state index contributed by atoms with van der Waals surface area (Å²) in [4.78, 5) is 16.8. The third-order valence-electron chi connectivity index (χ3n) is 3.77. The molecule has 0 atom stereocenters. The molecule has 0 spiro atoms. The fourth-order valence-corrected chi connectivity index (χ4v) is 3.58. The maximum Gasteiger partial charge on any atom is 0.282 e. The summed E-state index contributed by atoms with van der Waals surface area (Å²) < 4.78 is 27.6. The van der Waals surface area contributed by atoms with Gasteiger partial charge in [-0.05, 0) is 12.1 Å². The van der Waals surface area contributed by atoms with Crippen molar-refractivity contribution in [3.8, 4) is 11.5 Å². The van der Waals surface area contributed by atoms with Crippen molar-refractivity contribution in [3.05, 3.63) is 52.6 Å². The molecular weight excluding hydrogens is 331 g/mol. The van der Waals surface area contributed by atoms with Gasteiger partial charge in [-0.1, -0.05) is 23.5 Å². The molecule has 0 N–H and O–H groups in total. The SMILES string of the molecule is Cn1c(=NC(=O)c2ccccc2F)sc2cc3c(cc21)OCCO3. The highest BCUT2D eigenvalue weighted by Crippen LogP contribution is 2.35. The fourth-order valence-electron chi connectivity index (χ4n) is 2.55. The highest BCUT2D eigenvalue weighted by Gasteiger charge is 2.16. The molecule has 1 aliphatic heterocycles. The Hall–Kier alpha value is -2.67. The molecule has 24 heavy (non-hydrogen) atoms. The summed E-state index contributed by atoms with van der Waals surface area (Å²) in [6, 6.07) is 9.56. The van der Waals surface area contributed by atoms with Crippen LogP contribution in [0.1, 0.15) is 10.4 Å². The number of fused-ring (bicyclic) bond motifs is 2. The number of carbonyl (C=O) groups is 1. The van der Waals surface area contributed by atoms with E-state index >= 15 is 0 Å².